The monoisotopic (exact) mass is 863 g/mol. The molecular formula is C30H15BrClF16N5. The summed E-state index contributed by atoms with van der Waals surface area (Å²) in [6.07, 6.45) is -18.7. The minimum Gasteiger partial charge on any atom is -0.396 e. The highest BCUT2D eigenvalue weighted by molar-refractivity contribution is 9.10. The van der Waals surface area contributed by atoms with Gasteiger partial charge in [0.2, 0.25) is 0 Å². The lowest BCUT2D eigenvalue weighted by Gasteiger charge is -2.10. The van der Waals surface area contributed by atoms with E-state index in [1.54, 1.807) is 0 Å². The maximum absolute atomic E-state index is 12.8. The lowest BCUT2D eigenvalue weighted by atomic mass is 10.1. The summed E-state index contributed by atoms with van der Waals surface area (Å²) in [5, 5.41) is -1.01. The zero-order valence-corrected chi connectivity index (χ0v) is 27.5. The van der Waals surface area contributed by atoms with Crippen molar-refractivity contribution in [1.29, 1.82) is 0 Å². The lowest BCUT2D eigenvalue weighted by Crippen LogP contribution is -2.10. The fraction of sp³-hybridized carbons (Fsp3) is 0.133. The highest BCUT2D eigenvalue weighted by atomic mass is 79.9. The molecule has 286 valence electrons. The number of nitrogen functional groups attached to an aromatic ring is 3. The number of nitrogens with two attached hydrogens (primary N) is 3. The van der Waals surface area contributed by atoms with Crippen LogP contribution in [0.5, 0.6) is 0 Å². The molecule has 0 heterocycles. The Balaban J connectivity index is 0.000000354. The van der Waals surface area contributed by atoms with Crippen LogP contribution in [0.2, 0.25) is 5.02 Å². The van der Waals surface area contributed by atoms with Gasteiger partial charge in [0, 0.05) is 4.47 Å². The van der Waals surface area contributed by atoms with E-state index in [0.29, 0.717) is 24.3 Å². The van der Waals surface area contributed by atoms with Gasteiger partial charge < -0.3 is 17.2 Å². The van der Waals surface area contributed by atoms with Crippen molar-refractivity contribution in [2.24, 2.45) is 0 Å². The first-order chi connectivity index (χ1) is 24.0. The van der Waals surface area contributed by atoms with Crippen molar-refractivity contribution in [3.8, 4) is 0 Å². The lowest BCUT2D eigenvalue weighted by molar-refractivity contribution is -0.138. The Hall–Kier alpha value is -5.09. The van der Waals surface area contributed by atoms with Gasteiger partial charge in [0.15, 0.2) is 11.4 Å². The van der Waals surface area contributed by atoms with Crippen molar-refractivity contribution in [2.45, 2.75) is 24.7 Å². The van der Waals surface area contributed by atoms with Crippen LogP contribution >= 0.6 is 27.5 Å². The van der Waals surface area contributed by atoms with Gasteiger partial charge in [0.25, 0.3) is 0 Å². The van der Waals surface area contributed by atoms with Crippen LogP contribution in [0.1, 0.15) is 22.3 Å². The summed E-state index contributed by atoms with van der Waals surface area (Å²) in [4.78, 5) is 5.40. The molecule has 0 aliphatic heterocycles. The predicted octanol–water partition coefficient (Wildman–Crippen LogP) is 12.6. The second-order valence-corrected chi connectivity index (χ2v) is 10.7. The molecule has 0 unspecified atom stereocenters. The van der Waals surface area contributed by atoms with Gasteiger partial charge in [0.1, 0.15) is 23.3 Å². The fourth-order valence-corrected chi connectivity index (χ4v) is 4.00. The number of anilines is 3. The maximum atomic E-state index is 12.8. The van der Waals surface area contributed by atoms with Gasteiger partial charge in [-0.1, -0.05) is 33.6 Å². The average Bonchev–Trinajstić information content (AvgIpc) is 3.01. The van der Waals surface area contributed by atoms with Gasteiger partial charge in [-0.15, -0.1) is 0 Å². The molecule has 0 aromatic heterocycles. The summed E-state index contributed by atoms with van der Waals surface area (Å²) in [6.45, 7) is 12.9. The van der Waals surface area contributed by atoms with Crippen LogP contribution < -0.4 is 17.2 Å². The van der Waals surface area contributed by atoms with Crippen LogP contribution in [0, 0.1) is 36.4 Å². The zero-order chi connectivity index (χ0) is 41.4. The highest BCUT2D eigenvalue weighted by Crippen LogP contribution is 2.40. The summed E-state index contributed by atoms with van der Waals surface area (Å²) in [5.41, 5.74) is 6.17. The van der Waals surface area contributed by atoms with Crippen molar-refractivity contribution in [3.05, 3.63) is 132 Å². The minimum atomic E-state index is -4.75. The first kappa shape index (κ1) is 45.9. The van der Waals surface area contributed by atoms with E-state index >= 15 is 0 Å². The molecule has 0 aliphatic carbocycles. The predicted molar refractivity (Wildman–Crippen MR) is 164 cm³/mol. The van der Waals surface area contributed by atoms with Gasteiger partial charge in [0.05, 0.1) is 57.5 Å². The first-order valence-corrected chi connectivity index (χ1v) is 14.0. The number of para-hydroxylation sites is 1. The van der Waals surface area contributed by atoms with Crippen molar-refractivity contribution in [3.63, 3.8) is 0 Å². The van der Waals surface area contributed by atoms with Crippen molar-refractivity contribution in [1.82, 2.24) is 0 Å². The first-order valence-electron chi connectivity index (χ1n) is 12.9. The van der Waals surface area contributed by atoms with Crippen molar-refractivity contribution in [2.75, 3.05) is 17.2 Å². The minimum absolute atomic E-state index is 0.00604. The average molecular weight is 865 g/mol. The number of rotatable bonds is 0. The molecule has 0 aliphatic rings. The molecule has 0 amide bonds. The topological polar surface area (TPSA) is 86.8 Å². The number of hydrogen-bond acceptors (Lipinski definition) is 3. The smallest absolute Gasteiger partial charge is 0.396 e. The van der Waals surface area contributed by atoms with Gasteiger partial charge in [-0.2, -0.15) is 52.7 Å². The Kier molecular flexibility index (Phi) is 15.3. The molecule has 0 atom stereocenters. The molecule has 0 spiro atoms. The van der Waals surface area contributed by atoms with Crippen LogP contribution in [-0.2, 0) is 24.7 Å². The Morgan fingerprint density at radius 2 is 0.849 bits per heavy atom. The van der Waals surface area contributed by atoms with Gasteiger partial charge in [-0.25, -0.2) is 27.3 Å². The molecule has 4 aromatic carbocycles. The van der Waals surface area contributed by atoms with Gasteiger partial charge >= 0.3 is 24.7 Å². The van der Waals surface area contributed by atoms with E-state index < -0.39 is 104 Å². The van der Waals surface area contributed by atoms with E-state index in [0.717, 1.165) is 30.3 Å². The third kappa shape index (κ3) is 13.1. The Morgan fingerprint density at radius 1 is 0.491 bits per heavy atom. The largest absolute Gasteiger partial charge is 0.418 e. The number of hydrogen-bond donors (Lipinski definition) is 3. The molecule has 0 bridgehead atoms. The summed E-state index contributed by atoms with van der Waals surface area (Å²) in [6, 6.07) is 6.55. The molecular weight excluding hydrogens is 850 g/mol. The van der Waals surface area contributed by atoms with Gasteiger partial charge in [-0.05, 0) is 48.5 Å². The van der Waals surface area contributed by atoms with E-state index in [4.69, 9.17) is 41.9 Å². The third-order valence-corrected chi connectivity index (χ3v) is 6.60. The van der Waals surface area contributed by atoms with Crippen molar-refractivity contribution >= 4 is 56.0 Å². The van der Waals surface area contributed by atoms with E-state index in [2.05, 4.69) is 25.6 Å². The second-order valence-electron chi connectivity index (χ2n) is 9.44. The Bertz CT molecular complexity index is 1930. The normalized spacial score (nSPS) is 11.4. The van der Waals surface area contributed by atoms with Crippen LogP contribution in [0.25, 0.3) is 9.69 Å². The van der Waals surface area contributed by atoms with Crippen molar-refractivity contribution < 1.29 is 70.2 Å². The molecule has 4 rings (SSSR count). The molecule has 53 heavy (non-hydrogen) atoms. The van der Waals surface area contributed by atoms with Crippen LogP contribution in [0.15, 0.2) is 59.1 Å². The third-order valence-electron chi connectivity index (χ3n) is 5.75. The van der Waals surface area contributed by atoms with E-state index in [1.807, 2.05) is 0 Å². The SMILES string of the molecule is Nc1c(F)cc(Br)cc1C(F)(F)F.Nc1c(F)cccc1C(F)(F)F.[C-]#[N+]c1cc(F)c(Cl)c(C(F)(F)F)c1.[C-]#[N+]c1cc(F)c(N)c(C(F)(F)F)c1. The van der Waals surface area contributed by atoms with E-state index in [1.165, 1.54) is 0 Å². The zero-order valence-electron chi connectivity index (χ0n) is 25.1. The number of alkyl halides is 12. The molecule has 5 nitrogen and oxygen atoms in total. The van der Waals surface area contributed by atoms with Gasteiger partial charge in [-0.3, -0.25) is 0 Å². The van der Waals surface area contributed by atoms with Crippen LogP contribution in [0.3, 0.4) is 0 Å². The molecule has 0 fully saturated rings. The molecule has 0 saturated carbocycles. The summed E-state index contributed by atoms with van der Waals surface area (Å²) in [7, 11) is 0. The maximum Gasteiger partial charge on any atom is 0.418 e. The molecule has 23 heteroatoms. The fourth-order valence-electron chi connectivity index (χ4n) is 3.35. The summed E-state index contributed by atoms with van der Waals surface area (Å²) < 4.78 is 196. The molecule has 0 saturated heterocycles. The number of benzene rings is 4. The summed E-state index contributed by atoms with van der Waals surface area (Å²) >= 11 is 7.85. The standard InChI is InChI=1S/C8H2ClF4N.C8H4F4N2.C7H4BrF4N.C7H5F4N/c1-14-4-2-5(8(11,12)13)7(9)6(10)3-4;1-14-4-2-5(8(10,11)12)7(13)6(9)3-4;8-3-1-4(7(10,11)12)6(13)5(9)2-3;8-5-3-1-2-4(6(5)12)7(9,10)11/h2-3H;2-3H,13H2;1-2H,13H2;1-3H,12H2. The molecule has 0 radical (unpaired) electrons. The Morgan fingerprint density at radius 3 is 1.25 bits per heavy atom. The quantitative estimate of drug-likeness (QED) is 0.0935. The van der Waals surface area contributed by atoms with Crippen LogP contribution in [-0.4, -0.2) is 0 Å². The number of halogens is 18. The van der Waals surface area contributed by atoms with E-state index in [-0.39, 0.29) is 4.47 Å². The Labute approximate surface area is 300 Å². The highest BCUT2D eigenvalue weighted by Gasteiger charge is 2.36. The van der Waals surface area contributed by atoms with E-state index in [9.17, 15) is 70.2 Å². The number of nitrogens with zero attached hydrogens (tertiary/aromatic N) is 2. The van der Waals surface area contributed by atoms with Crippen LogP contribution in [0.4, 0.5) is 98.7 Å². The second kappa shape index (κ2) is 17.6. The summed E-state index contributed by atoms with van der Waals surface area (Å²) in [5.74, 6) is -4.61. The molecule has 6 N–H and O–H groups in total. The molecule has 4 aromatic rings.